The van der Waals surface area contributed by atoms with Crippen LogP contribution in [0.5, 0.6) is 0 Å². The zero-order valence-corrected chi connectivity index (χ0v) is 21.2. The SMILES string of the molecule is O=C(CN1CN(c2ccccc2)C2(CCN(C(=O)c3ccccc3Cl)CC2)C1=O)NCc1ccccc1. The second-order valence-corrected chi connectivity index (χ2v) is 9.88. The Kier molecular flexibility index (Phi) is 7.15. The summed E-state index contributed by atoms with van der Waals surface area (Å²) >= 11 is 6.26. The number of likely N-dealkylation sites (tertiary alicyclic amines) is 1. The molecular formula is C29H29ClN4O3. The van der Waals surface area contributed by atoms with Crippen LogP contribution in [0.3, 0.4) is 0 Å². The molecule has 190 valence electrons. The van der Waals surface area contributed by atoms with Crippen molar-refractivity contribution in [2.45, 2.75) is 24.9 Å². The van der Waals surface area contributed by atoms with E-state index in [1.807, 2.05) is 60.7 Å². The van der Waals surface area contributed by atoms with Crippen molar-refractivity contribution < 1.29 is 14.4 Å². The van der Waals surface area contributed by atoms with E-state index >= 15 is 0 Å². The van der Waals surface area contributed by atoms with Gasteiger partial charge >= 0.3 is 0 Å². The third-order valence-electron chi connectivity index (χ3n) is 7.23. The van der Waals surface area contributed by atoms with E-state index in [1.54, 1.807) is 34.1 Å². The number of hydrogen-bond donors (Lipinski definition) is 1. The van der Waals surface area contributed by atoms with Crippen molar-refractivity contribution in [2.24, 2.45) is 0 Å². The molecule has 2 fully saturated rings. The van der Waals surface area contributed by atoms with E-state index in [-0.39, 0.29) is 24.3 Å². The van der Waals surface area contributed by atoms with Gasteiger partial charge in [0.2, 0.25) is 5.91 Å². The van der Waals surface area contributed by atoms with Gasteiger partial charge in [0.1, 0.15) is 12.1 Å². The highest BCUT2D eigenvalue weighted by atomic mass is 35.5. The van der Waals surface area contributed by atoms with Gasteiger partial charge < -0.3 is 20.0 Å². The second kappa shape index (κ2) is 10.6. The lowest BCUT2D eigenvalue weighted by Crippen LogP contribution is -2.57. The number of piperidine rings is 1. The molecule has 0 bridgehead atoms. The Morgan fingerprint density at radius 2 is 1.49 bits per heavy atom. The molecule has 0 aromatic heterocycles. The molecule has 7 nitrogen and oxygen atoms in total. The average molecular weight is 517 g/mol. The number of carbonyl (C=O) groups is 3. The first-order valence-corrected chi connectivity index (χ1v) is 12.8. The number of nitrogens with one attached hydrogen (secondary N) is 1. The number of nitrogens with zero attached hydrogens (tertiary/aromatic N) is 3. The van der Waals surface area contributed by atoms with Crippen LogP contribution in [0.15, 0.2) is 84.9 Å². The van der Waals surface area contributed by atoms with Crippen molar-refractivity contribution in [3.63, 3.8) is 0 Å². The van der Waals surface area contributed by atoms with E-state index in [2.05, 4.69) is 10.2 Å². The van der Waals surface area contributed by atoms with Gasteiger partial charge in [-0.2, -0.15) is 0 Å². The van der Waals surface area contributed by atoms with Crippen LogP contribution in [0.1, 0.15) is 28.8 Å². The van der Waals surface area contributed by atoms with E-state index in [9.17, 15) is 14.4 Å². The summed E-state index contributed by atoms with van der Waals surface area (Å²) in [6.07, 6.45) is 0.943. The molecule has 2 saturated heterocycles. The first-order chi connectivity index (χ1) is 18.0. The highest BCUT2D eigenvalue weighted by Gasteiger charge is 2.54. The van der Waals surface area contributed by atoms with Crippen LogP contribution in [0.2, 0.25) is 5.02 Å². The zero-order chi connectivity index (χ0) is 25.8. The Hall–Kier alpha value is -3.84. The molecule has 3 aromatic rings. The molecule has 0 radical (unpaired) electrons. The fourth-order valence-electron chi connectivity index (χ4n) is 5.23. The van der Waals surface area contributed by atoms with Gasteiger partial charge in [-0.3, -0.25) is 14.4 Å². The zero-order valence-electron chi connectivity index (χ0n) is 20.5. The maximum absolute atomic E-state index is 13.9. The number of anilines is 1. The predicted molar refractivity (Wildman–Crippen MR) is 143 cm³/mol. The van der Waals surface area contributed by atoms with Gasteiger partial charge in [0, 0.05) is 25.3 Å². The molecule has 2 aliphatic heterocycles. The monoisotopic (exact) mass is 516 g/mol. The highest BCUT2D eigenvalue weighted by molar-refractivity contribution is 6.33. The first kappa shape index (κ1) is 24.8. The van der Waals surface area contributed by atoms with Crippen LogP contribution in [-0.2, 0) is 16.1 Å². The quantitative estimate of drug-likeness (QED) is 0.538. The molecule has 8 heteroatoms. The molecule has 5 rings (SSSR count). The van der Waals surface area contributed by atoms with Crippen LogP contribution < -0.4 is 10.2 Å². The minimum Gasteiger partial charge on any atom is -0.350 e. The van der Waals surface area contributed by atoms with E-state index in [4.69, 9.17) is 11.6 Å². The minimum absolute atomic E-state index is 0.0149. The maximum Gasteiger partial charge on any atom is 0.255 e. The number of benzene rings is 3. The number of para-hydroxylation sites is 1. The van der Waals surface area contributed by atoms with Crippen molar-refractivity contribution in [2.75, 3.05) is 31.2 Å². The lowest BCUT2D eigenvalue weighted by Gasteiger charge is -2.43. The standard InChI is InChI=1S/C29H29ClN4O3/c30-25-14-8-7-13-24(25)27(36)32-17-15-29(16-18-32)28(37)33(21-34(29)23-11-5-2-6-12-23)20-26(35)31-19-22-9-3-1-4-10-22/h1-14H,15-21H2,(H,31,35). The summed E-state index contributed by atoms with van der Waals surface area (Å²) in [6, 6.07) is 26.5. The molecule has 0 aliphatic carbocycles. The number of amides is 3. The Balaban J connectivity index is 1.31. The van der Waals surface area contributed by atoms with Gasteiger partial charge in [-0.1, -0.05) is 72.3 Å². The number of hydrogen-bond acceptors (Lipinski definition) is 4. The molecule has 1 N–H and O–H groups in total. The molecule has 0 saturated carbocycles. The summed E-state index contributed by atoms with van der Waals surface area (Å²) in [5.74, 6) is -0.404. The van der Waals surface area contributed by atoms with Gasteiger partial charge in [-0.25, -0.2) is 0 Å². The van der Waals surface area contributed by atoms with Gasteiger partial charge in [0.05, 0.1) is 17.3 Å². The average Bonchev–Trinajstić information content (AvgIpc) is 3.19. The van der Waals surface area contributed by atoms with Crippen molar-refractivity contribution >= 4 is 35.0 Å². The molecule has 3 amide bonds. The van der Waals surface area contributed by atoms with Crippen molar-refractivity contribution in [1.82, 2.24) is 15.1 Å². The van der Waals surface area contributed by atoms with Gasteiger partial charge in [-0.05, 0) is 42.7 Å². The van der Waals surface area contributed by atoms with E-state index in [1.165, 1.54) is 0 Å². The summed E-state index contributed by atoms with van der Waals surface area (Å²) in [6.45, 7) is 1.56. The highest BCUT2D eigenvalue weighted by Crippen LogP contribution is 2.39. The largest absolute Gasteiger partial charge is 0.350 e. The summed E-state index contributed by atoms with van der Waals surface area (Å²) in [4.78, 5) is 45.2. The maximum atomic E-state index is 13.9. The lowest BCUT2D eigenvalue weighted by molar-refractivity contribution is -0.137. The molecule has 37 heavy (non-hydrogen) atoms. The van der Waals surface area contributed by atoms with Crippen LogP contribution in [0.4, 0.5) is 5.69 Å². The summed E-state index contributed by atoms with van der Waals surface area (Å²) in [7, 11) is 0. The van der Waals surface area contributed by atoms with Crippen molar-refractivity contribution in [1.29, 1.82) is 0 Å². The fourth-order valence-corrected chi connectivity index (χ4v) is 5.45. The summed E-state index contributed by atoms with van der Waals surface area (Å²) in [5, 5.41) is 3.34. The normalized spacial score (nSPS) is 16.8. The molecule has 1 spiro atoms. The number of carbonyl (C=O) groups excluding carboxylic acids is 3. The Bertz CT molecular complexity index is 1280. The molecular weight excluding hydrogens is 488 g/mol. The summed E-state index contributed by atoms with van der Waals surface area (Å²) in [5.41, 5.74) is 1.59. The topological polar surface area (TPSA) is 73.0 Å². The van der Waals surface area contributed by atoms with Gasteiger partial charge in [0.15, 0.2) is 0 Å². The van der Waals surface area contributed by atoms with Crippen molar-refractivity contribution in [3.8, 4) is 0 Å². The molecule has 2 aliphatic rings. The Labute approximate surface area is 221 Å². The van der Waals surface area contributed by atoms with Crippen LogP contribution >= 0.6 is 11.6 Å². The fraction of sp³-hybridized carbons (Fsp3) is 0.276. The Morgan fingerprint density at radius 3 is 2.16 bits per heavy atom. The second-order valence-electron chi connectivity index (χ2n) is 9.47. The van der Waals surface area contributed by atoms with Gasteiger partial charge in [0.25, 0.3) is 11.8 Å². The van der Waals surface area contributed by atoms with Crippen LogP contribution in [-0.4, -0.2) is 59.4 Å². The Morgan fingerprint density at radius 1 is 0.865 bits per heavy atom. The van der Waals surface area contributed by atoms with E-state index in [0.29, 0.717) is 49.7 Å². The number of halogens is 1. The number of rotatable bonds is 6. The molecule has 0 unspecified atom stereocenters. The smallest absolute Gasteiger partial charge is 0.255 e. The van der Waals surface area contributed by atoms with E-state index in [0.717, 1.165) is 11.3 Å². The van der Waals surface area contributed by atoms with Crippen LogP contribution in [0.25, 0.3) is 0 Å². The van der Waals surface area contributed by atoms with Gasteiger partial charge in [-0.15, -0.1) is 0 Å². The summed E-state index contributed by atoms with van der Waals surface area (Å²) < 4.78 is 0. The van der Waals surface area contributed by atoms with Crippen LogP contribution in [0, 0.1) is 0 Å². The molecule has 2 heterocycles. The van der Waals surface area contributed by atoms with E-state index < -0.39 is 5.54 Å². The lowest BCUT2D eigenvalue weighted by atomic mass is 9.85. The third-order valence-corrected chi connectivity index (χ3v) is 7.56. The first-order valence-electron chi connectivity index (χ1n) is 12.4. The molecule has 3 aromatic carbocycles. The minimum atomic E-state index is -0.807. The predicted octanol–water partition coefficient (Wildman–Crippen LogP) is 3.94. The third kappa shape index (κ3) is 5.04. The molecule has 0 atom stereocenters. The van der Waals surface area contributed by atoms with Crippen molar-refractivity contribution in [3.05, 3.63) is 101 Å².